The van der Waals surface area contributed by atoms with Crippen molar-refractivity contribution in [3.8, 4) is 51.6 Å². The van der Waals surface area contributed by atoms with Gasteiger partial charge in [0.25, 0.3) is 0 Å². The van der Waals surface area contributed by atoms with Gasteiger partial charge in [-0.05, 0) is 48.5 Å². The average Bonchev–Trinajstić information content (AvgIpc) is 3.98. The molecule has 7 heteroatoms. The number of aromatic nitrogens is 5. The minimum atomic E-state index is 0.428. The van der Waals surface area contributed by atoms with Crippen molar-refractivity contribution in [2.75, 3.05) is 0 Å². The minimum absolute atomic E-state index is 0.428. The van der Waals surface area contributed by atoms with Gasteiger partial charge in [-0.15, -0.1) is 0 Å². The number of rotatable bonds is 5. The molecule has 0 saturated carbocycles. The van der Waals surface area contributed by atoms with Gasteiger partial charge in [-0.25, -0.2) is 15.0 Å². The van der Waals surface area contributed by atoms with Crippen molar-refractivity contribution in [2.24, 2.45) is 0 Å². The van der Waals surface area contributed by atoms with Crippen molar-refractivity contribution in [3.63, 3.8) is 0 Å². The molecule has 4 heterocycles. The van der Waals surface area contributed by atoms with Crippen molar-refractivity contribution < 1.29 is 4.42 Å². The van der Waals surface area contributed by atoms with Gasteiger partial charge in [0, 0.05) is 60.4 Å². The molecule has 4 aromatic heterocycles. The molecule has 0 spiro atoms. The Bertz CT molecular complexity index is 3610. The van der Waals surface area contributed by atoms with Crippen molar-refractivity contribution in [3.05, 3.63) is 188 Å². The topological polar surface area (TPSA) is 85.5 Å². The molecule has 0 N–H and O–H groups in total. The molecule has 12 rings (SSSR count). The largest absolute Gasteiger partial charge is 0.454 e. The van der Waals surface area contributed by atoms with E-state index in [0.29, 0.717) is 28.6 Å². The Morgan fingerprint density at radius 1 is 0.441 bits per heavy atom. The normalized spacial score (nSPS) is 11.7. The third-order valence-corrected chi connectivity index (χ3v) is 11.4. The third kappa shape index (κ3) is 4.90. The summed E-state index contributed by atoms with van der Waals surface area (Å²) >= 11 is 0. The number of hydrogen-bond acceptors (Lipinski definition) is 5. The Labute approximate surface area is 337 Å². The van der Waals surface area contributed by atoms with Crippen molar-refractivity contribution in [2.45, 2.75) is 0 Å². The van der Waals surface area contributed by atoms with Gasteiger partial charge < -0.3 is 13.6 Å². The highest BCUT2D eigenvalue weighted by Crippen LogP contribution is 2.49. The molecule has 12 aromatic rings. The lowest BCUT2D eigenvalue weighted by molar-refractivity contribution is 0.671. The second kappa shape index (κ2) is 12.8. The molecular formula is C52H30N6O. The van der Waals surface area contributed by atoms with Crippen LogP contribution in [0.2, 0.25) is 0 Å². The molecule has 0 saturated heterocycles. The Balaban J connectivity index is 1.19. The fourth-order valence-electron chi connectivity index (χ4n) is 8.89. The molecule has 0 aliphatic rings. The van der Waals surface area contributed by atoms with Crippen molar-refractivity contribution in [1.82, 2.24) is 24.1 Å². The van der Waals surface area contributed by atoms with Crippen LogP contribution in [0.4, 0.5) is 0 Å². The van der Waals surface area contributed by atoms with Gasteiger partial charge in [-0.1, -0.05) is 133 Å². The Hall–Kier alpha value is -8.34. The van der Waals surface area contributed by atoms with E-state index < -0.39 is 0 Å². The van der Waals surface area contributed by atoms with Gasteiger partial charge >= 0.3 is 0 Å². The van der Waals surface area contributed by atoms with Crippen LogP contribution in [0.15, 0.2) is 186 Å². The molecule has 0 bridgehead atoms. The second-order valence-corrected chi connectivity index (χ2v) is 14.7. The van der Waals surface area contributed by atoms with E-state index in [-0.39, 0.29) is 0 Å². The molecule has 274 valence electrons. The SMILES string of the molecule is N#Cc1cc(-n2c3ccccc3c3c2c2oc4ccccc4c2c2c4ccccc4n(-c4ccccc4)c23)ccc1-c1nc(-c2ccccc2)nc(-c2ccccc2)n1. The summed E-state index contributed by atoms with van der Waals surface area (Å²) < 4.78 is 11.6. The number of nitriles is 1. The fraction of sp³-hybridized carbons (Fsp3) is 0. The van der Waals surface area contributed by atoms with E-state index in [1.165, 1.54) is 0 Å². The number of fused-ring (bicyclic) bond motifs is 12. The molecule has 8 aromatic carbocycles. The summed E-state index contributed by atoms with van der Waals surface area (Å²) in [6.07, 6.45) is 0. The van der Waals surface area contributed by atoms with Crippen LogP contribution < -0.4 is 0 Å². The van der Waals surface area contributed by atoms with Crippen molar-refractivity contribution in [1.29, 1.82) is 5.26 Å². The molecule has 59 heavy (non-hydrogen) atoms. The monoisotopic (exact) mass is 754 g/mol. The second-order valence-electron chi connectivity index (χ2n) is 14.7. The summed E-state index contributed by atoms with van der Waals surface area (Å²) in [6, 6.07) is 64.2. The smallest absolute Gasteiger partial charge is 0.165 e. The summed E-state index contributed by atoms with van der Waals surface area (Å²) in [5, 5.41) is 17.5. The zero-order chi connectivity index (χ0) is 39.0. The zero-order valence-corrected chi connectivity index (χ0v) is 31.4. The summed E-state index contributed by atoms with van der Waals surface area (Å²) in [4.78, 5) is 14.8. The van der Waals surface area contributed by atoms with Gasteiger partial charge in [0.1, 0.15) is 5.58 Å². The van der Waals surface area contributed by atoms with Crippen LogP contribution in [-0.2, 0) is 0 Å². The standard InChI is InChI=1S/C52H30N6O/c53-31-34-30-36(28-29-37(34)52-55-50(32-16-4-1-5-17-32)54-51(56-52)33-18-6-2-7-19-33)58-42-26-14-11-23-39(42)46-47-44(45-40-24-12-15-27-43(40)59-49(45)48(46)58)38-22-10-13-25-41(38)57(47)35-20-8-3-9-21-35/h1-30H. The number of furan rings is 1. The lowest BCUT2D eigenvalue weighted by Gasteiger charge is -2.13. The molecular weight excluding hydrogens is 725 g/mol. The molecule has 0 fully saturated rings. The molecule has 7 nitrogen and oxygen atoms in total. The van der Waals surface area contributed by atoms with Gasteiger partial charge in [0.2, 0.25) is 0 Å². The summed E-state index contributed by atoms with van der Waals surface area (Å²) in [6.45, 7) is 0. The third-order valence-electron chi connectivity index (χ3n) is 11.4. The van der Waals surface area contributed by atoms with E-state index in [0.717, 1.165) is 88.1 Å². The molecule has 0 aliphatic carbocycles. The van der Waals surface area contributed by atoms with E-state index in [2.05, 4.69) is 112 Å². The maximum atomic E-state index is 10.9. The quantitative estimate of drug-likeness (QED) is 0.175. The first-order chi connectivity index (χ1) is 29.2. The fourth-order valence-corrected chi connectivity index (χ4v) is 8.89. The first-order valence-electron chi connectivity index (χ1n) is 19.5. The molecule has 0 unspecified atom stereocenters. The van der Waals surface area contributed by atoms with Gasteiger partial charge in [0.05, 0.1) is 33.7 Å². The highest BCUT2D eigenvalue weighted by Gasteiger charge is 2.28. The number of benzene rings is 8. The van der Waals surface area contributed by atoms with Gasteiger partial charge in [-0.3, -0.25) is 0 Å². The van der Waals surface area contributed by atoms with E-state index in [4.69, 9.17) is 19.4 Å². The molecule has 0 amide bonds. The summed E-state index contributed by atoms with van der Waals surface area (Å²) in [5.74, 6) is 1.50. The van der Waals surface area contributed by atoms with E-state index in [1.54, 1.807) is 0 Å². The van der Waals surface area contributed by atoms with Crippen molar-refractivity contribution >= 4 is 65.6 Å². The predicted octanol–water partition coefficient (Wildman–Crippen LogP) is 12.8. The van der Waals surface area contributed by atoms with Gasteiger partial charge in [-0.2, -0.15) is 5.26 Å². The molecule has 0 radical (unpaired) electrons. The number of para-hydroxylation sites is 4. The number of nitrogens with zero attached hydrogens (tertiary/aromatic N) is 6. The van der Waals surface area contributed by atoms with Crippen LogP contribution in [0.25, 0.3) is 111 Å². The van der Waals surface area contributed by atoms with Crippen LogP contribution in [-0.4, -0.2) is 24.1 Å². The molecule has 0 aliphatic heterocycles. The first-order valence-corrected chi connectivity index (χ1v) is 19.5. The zero-order valence-electron chi connectivity index (χ0n) is 31.4. The lowest BCUT2D eigenvalue weighted by atomic mass is 10.0. The van der Waals surface area contributed by atoms with Crippen LogP contribution >= 0.6 is 0 Å². The lowest BCUT2D eigenvalue weighted by Crippen LogP contribution is -2.02. The average molecular weight is 755 g/mol. The Kier molecular flexibility index (Phi) is 7.16. The summed E-state index contributed by atoms with van der Waals surface area (Å²) in [5.41, 5.74) is 10.4. The van der Waals surface area contributed by atoms with E-state index in [9.17, 15) is 5.26 Å². The Morgan fingerprint density at radius 2 is 0.966 bits per heavy atom. The first kappa shape index (κ1) is 32.9. The minimum Gasteiger partial charge on any atom is -0.454 e. The van der Waals surface area contributed by atoms with Crippen LogP contribution in [0.1, 0.15) is 5.56 Å². The predicted molar refractivity (Wildman–Crippen MR) is 237 cm³/mol. The van der Waals surface area contributed by atoms with E-state index >= 15 is 0 Å². The van der Waals surface area contributed by atoms with Gasteiger partial charge in [0.15, 0.2) is 23.1 Å². The van der Waals surface area contributed by atoms with Crippen LogP contribution in [0.5, 0.6) is 0 Å². The Morgan fingerprint density at radius 3 is 1.61 bits per heavy atom. The van der Waals surface area contributed by atoms with Crippen LogP contribution in [0.3, 0.4) is 0 Å². The maximum absolute atomic E-state index is 10.9. The highest BCUT2D eigenvalue weighted by atomic mass is 16.3. The maximum Gasteiger partial charge on any atom is 0.165 e. The van der Waals surface area contributed by atoms with E-state index in [1.807, 2.05) is 84.9 Å². The van der Waals surface area contributed by atoms with Crippen LogP contribution in [0, 0.1) is 11.3 Å². The summed E-state index contributed by atoms with van der Waals surface area (Å²) in [7, 11) is 0. The number of hydrogen-bond donors (Lipinski definition) is 0. The molecule has 0 atom stereocenters. The highest BCUT2D eigenvalue weighted by molar-refractivity contribution is 6.39.